The molecule has 0 radical (unpaired) electrons. The quantitative estimate of drug-likeness (QED) is 0.288. The maximum atomic E-state index is 13.3. The molecule has 0 aliphatic carbocycles. The molecule has 2 aromatic heterocycles. The molecule has 0 aliphatic rings. The highest BCUT2D eigenvalue weighted by atomic mass is 35.5. The summed E-state index contributed by atoms with van der Waals surface area (Å²) >= 11 is 6.16. The van der Waals surface area contributed by atoms with Crippen LogP contribution in [0.4, 0.5) is 5.69 Å². The first kappa shape index (κ1) is 27.4. The van der Waals surface area contributed by atoms with Gasteiger partial charge in [0.25, 0.3) is 10.0 Å². The Balaban J connectivity index is 1.63. The van der Waals surface area contributed by atoms with Crippen molar-refractivity contribution in [2.24, 2.45) is 0 Å². The molecule has 4 aromatic rings. The number of hydrogen-bond acceptors (Lipinski definition) is 9. The lowest BCUT2D eigenvalue weighted by atomic mass is 10.2. The van der Waals surface area contributed by atoms with Crippen LogP contribution in [-0.4, -0.2) is 62.6 Å². The van der Waals surface area contributed by atoms with E-state index in [4.69, 9.17) is 25.8 Å². The number of fused-ring (bicyclic) bond motifs is 1. The molecule has 2 heterocycles. The number of aromatic nitrogens is 3. The van der Waals surface area contributed by atoms with Crippen LogP contribution in [0.25, 0.3) is 11.0 Å². The van der Waals surface area contributed by atoms with Crippen LogP contribution in [0, 0.1) is 6.92 Å². The molecule has 12 heteroatoms. The number of anilines is 1. The van der Waals surface area contributed by atoms with Gasteiger partial charge in [-0.1, -0.05) is 23.7 Å². The molecule has 0 saturated carbocycles. The number of halogens is 1. The molecule has 0 spiro atoms. The minimum absolute atomic E-state index is 0.0510. The maximum Gasteiger partial charge on any atom is 0.262 e. The van der Waals surface area contributed by atoms with Crippen LogP contribution in [0.1, 0.15) is 11.1 Å². The second-order valence-corrected chi connectivity index (χ2v) is 10.7. The highest BCUT2D eigenvalue weighted by molar-refractivity contribution is 7.92. The highest BCUT2D eigenvalue weighted by Gasteiger charge is 2.22. The Kier molecular flexibility index (Phi) is 8.50. The molecule has 0 amide bonds. The Labute approximate surface area is 226 Å². The van der Waals surface area contributed by atoms with Crippen LogP contribution in [0.5, 0.6) is 17.4 Å². The summed E-state index contributed by atoms with van der Waals surface area (Å²) in [6.45, 7) is 2.95. The summed E-state index contributed by atoms with van der Waals surface area (Å²) in [7, 11) is 1.49. The standard InChI is InChI=1S/C26H28ClN5O5S/c1-17-20(27)6-5-7-24(17)38(33,34)31-21-13-19-14-28-16-29-25(19)30-26(21)37-15-18-8-9-22(35-4)23(12-18)36-11-10-32(2)3/h5-9,12-14,16,31H,10-11,15H2,1-4H3. The Morgan fingerprint density at radius 2 is 1.89 bits per heavy atom. The van der Waals surface area contributed by atoms with Crippen molar-refractivity contribution in [1.29, 1.82) is 0 Å². The van der Waals surface area contributed by atoms with E-state index in [1.165, 1.54) is 12.4 Å². The maximum absolute atomic E-state index is 13.3. The average molecular weight is 558 g/mol. The van der Waals surface area contributed by atoms with E-state index < -0.39 is 10.0 Å². The number of benzene rings is 2. The molecule has 0 unspecified atom stereocenters. The van der Waals surface area contributed by atoms with Crippen molar-refractivity contribution in [1.82, 2.24) is 19.9 Å². The van der Waals surface area contributed by atoms with Crippen molar-refractivity contribution < 1.29 is 22.6 Å². The van der Waals surface area contributed by atoms with Gasteiger partial charge in [0.15, 0.2) is 17.1 Å². The topological polar surface area (TPSA) is 116 Å². The summed E-state index contributed by atoms with van der Waals surface area (Å²) in [6.07, 6.45) is 2.90. The van der Waals surface area contributed by atoms with Gasteiger partial charge in [-0.05, 0) is 62.5 Å². The van der Waals surface area contributed by atoms with Gasteiger partial charge in [0.05, 0.1) is 12.0 Å². The van der Waals surface area contributed by atoms with Gasteiger partial charge in [0.1, 0.15) is 25.2 Å². The van der Waals surface area contributed by atoms with Crippen molar-refractivity contribution in [2.75, 3.05) is 39.1 Å². The zero-order valence-corrected chi connectivity index (χ0v) is 23.0. The van der Waals surface area contributed by atoms with Crippen molar-refractivity contribution >= 4 is 38.3 Å². The molecule has 1 N–H and O–H groups in total. The molecule has 0 fully saturated rings. The largest absolute Gasteiger partial charge is 0.493 e. The third kappa shape index (κ3) is 6.42. The first-order valence-corrected chi connectivity index (χ1v) is 13.5. The smallest absolute Gasteiger partial charge is 0.262 e. The van der Waals surface area contributed by atoms with E-state index >= 15 is 0 Å². The van der Waals surface area contributed by atoms with Crippen LogP contribution >= 0.6 is 11.6 Å². The number of pyridine rings is 1. The molecule has 0 bridgehead atoms. The second-order valence-electron chi connectivity index (χ2n) is 8.67. The predicted octanol–water partition coefficient (Wildman–Crippen LogP) is 4.32. The molecule has 200 valence electrons. The van der Waals surface area contributed by atoms with E-state index in [2.05, 4.69) is 19.7 Å². The third-order valence-corrected chi connectivity index (χ3v) is 7.53. The third-order valence-electron chi connectivity index (χ3n) is 5.61. The SMILES string of the molecule is COc1ccc(COc2nc3ncncc3cc2NS(=O)(=O)c2cccc(Cl)c2C)cc1OCCN(C)C. The molecule has 2 aromatic carbocycles. The number of methoxy groups -OCH3 is 1. The second kappa shape index (κ2) is 11.8. The van der Waals surface area contributed by atoms with Crippen molar-refractivity contribution in [2.45, 2.75) is 18.4 Å². The molecular formula is C26H28ClN5O5S. The number of sulfonamides is 1. The van der Waals surface area contributed by atoms with Crippen molar-refractivity contribution in [3.8, 4) is 17.4 Å². The van der Waals surface area contributed by atoms with Crippen LogP contribution < -0.4 is 18.9 Å². The Bertz CT molecular complexity index is 1550. The van der Waals surface area contributed by atoms with Gasteiger partial charge < -0.3 is 19.1 Å². The molecule has 0 aliphatic heterocycles. The minimum atomic E-state index is -4.01. The number of nitrogens with zero attached hydrogens (tertiary/aromatic N) is 4. The van der Waals surface area contributed by atoms with Crippen LogP contribution in [0.15, 0.2) is 59.9 Å². The van der Waals surface area contributed by atoms with Gasteiger partial charge in [0, 0.05) is 23.2 Å². The number of likely N-dealkylation sites (N-methyl/N-ethyl adjacent to an activating group) is 1. The molecular weight excluding hydrogens is 530 g/mol. The van der Waals surface area contributed by atoms with Gasteiger partial charge in [-0.3, -0.25) is 4.72 Å². The zero-order valence-electron chi connectivity index (χ0n) is 21.4. The van der Waals surface area contributed by atoms with Crippen LogP contribution in [-0.2, 0) is 16.6 Å². The number of nitrogens with one attached hydrogen (secondary N) is 1. The summed E-state index contributed by atoms with van der Waals surface area (Å²) in [5.41, 5.74) is 1.71. The number of hydrogen-bond donors (Lipinski definition) is 1. The zero-order chi connectivity index (χ0) is 27.3. The average Bonchev–Trinajstić information content (AvgIpc) is 2.88. The lowest BCUT2D eigenvalue weighted by Crippen LogP contribution is -2.19. The lowest BCUT2D eigenvalue weighted by molar-refractivity contribution is 0.249. The minimum Gasteiger partial charge on any atom is -0.493 e. The number of ether oxygens (including phenoxy) is 3. The van der Waals surface area contributed by atoms with Gasteiger partial charge >= 0.3 is 0 Å². The van der Waals surface area contributed by atoms with E-state index in [0.717, 1.165) is 12.1 Å². The highest BCUT2D eigenvalue weighted by Crippen LogP contribution is 2.32. The van der Waals surface area contributed by atoms with Gasteiger partial charge in [-0.15, -0.1) is 0 Å². The number of rotatable bonds is 11. The Morgan fingerprint density at radius 1 is 1.08 bits per heavy atom. The van der Waals surface area contributed by atoms with Gasteiger partial charge in [-0.2, -0.15) is 4.98 Å². The normalized spacial score (nSPS) is 11.5. The first-order valence-electron chi connectivity index (χ1n) is 11.6. The fraction of sp³-hybridized carbons (Fsp3) is 0.269. The predicted molar refractivity (Wildman–Crippen MR) is 146 cm³/mol. The van der Waals surface area contributed by atoms with E-state index in [0.29, 0.717) is 39.7 Å². The molecule has 0 atom stereocenters. The van der Waals surface area contributed by atoms with Gasteiger partial charge in [0.2, 0.25) is 5.88 Å². The Hall–Kier alpha value is -3.67. The van der Waals surface area contributed by atoms with E-state index in [1.807, 2.05) is 31.1 Å². The Morgan fingerprint density at radius 3 is 2.66 bits per heavy atom. The summed E-state index contributed by atoms with van der Waals surface area (Å²) in [4.78, 5) is 14.7. The van der Waals surface area contributed by atoms with Crippen molar-refractivity contribution in [3.63, 3.8) is 0 Å². The fourth-order valence-electron chi connectivity index (χ4n) is 3.58. The van der Waals surface area contributed by atoms with Crippen LogP contribution in [0.3, 0.4) is 0 Å². The molecule has 0 saturated heterocycles. The van der Waals surface area contributed by atoms with Gasteiger partial charge in [-0.25, -0.2) is 18.4 Å². The summed E-state index contributed by atoms with van der Waals surface area (Å²) < 4.78 is 46.5. The summed E-state index contributed by atoms with van der Waals surface area (Å²) in [6, 6.07) is 11.7. The monoisotopic (exact) mass is 557 g/mol. The summed E-state index contributed by atoms with van der Waals surface area (Å²) in [5.74, 6) is 1.23. The molecule has 10 nitrogen and oxygen atoms in total. The van der Waals surface area contributed by atoms with E-state index in [1.54, 1.807) is 44.5 Å². The molecule has 4 rings (SSSR count). The lowest BCUT2D eigenvalue weighted by Gasteiger charge is -2.16. The fourth-order valence-corrected chi connectivity index (χ4v) is 5.13. The first-order chi connectivity index (χ1) is 18.2. The van der Waals surface area contributed by atoms with Crippen LogP contribution in [0.2, 0.25) is 5.02 Å². The van der Waals surface area contributed by atoms with E-state index in [9.17, 15) is 8.42 Å². The molecule has 38 heavy (non-hydrogen) atoms. The van der Waals surface area contributed by atoms with Crippen molar-refractivity contribution in [3.05, 3.63) is 71.1 Å². The van der Waals surface area contributed by atoms with E-state index in [-0.39, 0.29) is 23.1 Å². The summed E-state index contributed by atoms with van der Waals surface area (Å²) in [5, 5.41) is 0.888.